The maximum atomic E-state index is 10.9. The lowest BCUT2D eigenvalue weighted by Crippen LogP contribution is -2.33. The van der Waals surface area contributed by atoms with E-state index in [0.717, 1.165) is 0 Å². The summed E-state index contributed by atoms with van der Waals surface area (Å²) in [4.78, 5) is 21.7. The Morgan fingerprint density at radius 1 is 1.43 bits per heavy atom. The molecule has 0 fully saturated rings. The van der Waals surface area contributed by atoms with Crippen molar-refractivity contribution < 1.29 is 14.3 Å². The first-order valence-corrected chi connectivity index (χ1v) is 4.51. The van der Waals surface area contributed by atoms with Crippen molar-refractivity contribution >= 4 is 12.0 Å². The van der Waals surface area contributed by atoms with E-state index in [1.54, 1.807) is 19.9 Å². The Bertz CT molecular complexity index is 214. The Hall–Kier alpha value is -1.52. The van der Waals surface area contributed by atoms with Gasteiger partial charge in [-0.1, -0.05) is 6.08 Å². The number of carbonyl (C=O) groups is 2. The van der Waals surface area contributed by atoms with Crippen LogP contribution in [0.4, 0.5) is 4.79 Å². The minimum atomic E-state index is -0.326. The highest BCUT2D eigenvalue weighted by atomic mass is 16.5. The van der Waals surface area contributed by atoms with Crippen LogP contribution in [-0.2, 0) is 9.53 Å². The van der Waals surface area contributed by atoms with Crippen LogP contribution < -0.4 is 10.6 Å². The van der Waals surface area contributed by atoms with Gasteiger partial charge in [0, 0.05) is 12.7 Å². The normalized spacial score (nSPS) is 9.86. The molecule has 0 aliphatic heterocycles. The van der Waals surface area contributed by atoms with Crippen LogP contribution in [0, 0.1) is 0 Å². The number of allylic oxidation sites excluding steroid dienone is 1. The molecular formula is C9H16N2O3. The quantitative estimate of drug-likeness (QED) is 0.644. The fraction of sp³-hybridized carbons (Fsp3) is 0.556. The topological polar surface area (TPSA) is 67.4 Å². The molecule has 5 heteroatoms. The van der Waals surface area contributed by atoms with E-state index >= 15 is 0 Å². The summed E-state index contributed by atoms with van der Waals surface area (Å²) < 4.78 is 4.68. The molecule has 0 unspecified atom stereocenters. The maximum absolute atomic E-state index is 10.9. The van der Waals surface area contributed by atoms with E-state index in [4.69, 9.17) is 0 Å². The van der Waals surface area contributed by atoms with Gasteiger partial charge in [-0.3, -0.25) is 4.79 Å². The molecule has 0 saturated heterocycles. The van der Waals surface area contributed by atoms with Crippen molar-refractivity contribution in [2.45, 2.75) is 20.3 Å². The molecule has 0 aromatic carbocycles. The number of carbonyl (C=O) groups excluding carboxylic acids is 2. The molecule has 0 bridgehead atoms. The Morgan fingerprint density at radius 2 is 2.14 bits per heavy atom. The van der Waals surface area contributed by atoms with Crippen LogP contribution in [0.15, 0.2) is 12.3 Å². The van der Waals surface area contributed by atoms with E-state index in [0.29, 0.717) is 6.61 Å². The van der Waals surface area contributed by atoms with Crippen molar-refractivity contribution in [2.75, 3.05) is 13.2 Å². The zero-order valence-corrected chi connectivity index (χ0v) is 8.50. The molecule has 0 heterocycles. The minimum Gasteiger partial charge on any atom is -0.466 e. The molecule has 80 valence electrons. The summed E-state index contributed by atoms with van der Waals surface area (Å²) in [5.41, 5.74) is 0. The standard InChI is InChI=1S/C9H16N2O3/c1-3-6-10-9(13)11-7-5-8(12)14-4-2/h3,6H,4-5,7H2,1-2H3,(H2,10,11,13)/b6-3+. The van der Waals surface area contributed by atoms with Crippen LogP contribution >= 0.6 is 0 Å². The fourth-order valence-corrected chi connectivity index (χ4v) is 0.721. The van der Waals surface area contributed by atoms with E-state index in [1.165, 1.54) is 6.20 Å². The zero-order chi connectivity index (χ0) is 10.8. The van der Waals surface area contributed by atoms with E-state index in [1.807, 2.05) is 0 Å². The van der Waals surface area contributed by atoms with E-state index < -0.39 is 0 Å². The summed E-state index contributed by atoms with van der Waals surface area (Å²) in [6.07, 6.45) is 3.40. The average Bonchev–Trinajstić information content (AvgIpc) is 2.15. The van der Waals surface area contributed by atoms with Crippen molar-refractivity contribution in [2.24, 2.45) is 0 Å². The largest absolute Gasteiger partial charge is 0.466 e. The first-order chi connectivity index (χ1) is 6.70. The third-order valence-corrected chi connectivity index (χ3v) is 1.30. The van der Waals surface area contributed by atoms with Crippen LogP contribution in [-0.4, -0.2) is 25.2 Å². The molecule has 0 spiro atoms. The zero-order valence-electron chi connectivity index (χ0n) is 8.50. The molecule has 0 atom stereocenters. The van der Waals surface area contributed by atoms with Gasteiger partial charge in [-0.25, -0.2) is 4.79 Å². The lowest BCUT2D eigenvalue weighted by molar-refractivity contribution is -0.142. The highest BCUT2D eigenvalue weighted by molar-refractivity contribution is 5.76. The molecule has 0 aliphatic rings. The summed E-state index contributed by atoms with van der Waals surface area (Å²) in [6, 6.07) is -0.326. The fourth-order valence-electron chi connectivity index (χ4n) is 0.721. The lowest BCUT2D eigenvalue weighted by Gasteiger charge is -2.03. The molecule has 5 nitrogen and oxygen atoms in total. The van der Waals surface area contributed by atoms with Crippen molar-refractivity contribution in [1.29, 1.82) is 0 Å². The second-order valence-corrected chi connectivity index (χ2v) is 2.46. The maximum Gasteiger partial charge on any atom is 0.318 e. The van der Waals surface area contributed by atoms with Gasteiger partial charge in [-0.2, -0.15) is 0 Å². The van der Waals surface area contributed by atoms with Crippen molar-refractivity contribution in [3.05, 3.63) is 12.3 Å². The Labute approximate surface area is 83.5 Å². The first kappa shape index (κ1) is 12.5. The number of ether oxygens (including phenoxy) is 1. The van der Waals surface area contributed by atoms with Crippen LogP contribution in [0.2, 0.25) is 0 Å². The number of hydrogen-bond acceptors (Lipinski definition) is 3. The number of nitrogens with one attached hydrogen (secondary N) is 2. The molecule has 0 aromatic heterocycles. The number of amides is 2. The monoisotopic (exact) mass is 200 g/mol. The molecule has 0 aliphatic carbocycles. The minimum absolute atomic E-state index is 0.192. The summed E-state index contributed by atoms with van der Waals surface area (Å²) >= 11 is 0. The van der Waals surface area contributed by atoms with Gasteiger partial charge in [0.05, 0.1) is 13.0 Å². The molecule has 2 N–H and O–H groups in total. The van der Waals surface area contributed by atoms with Crippen LogP contribution in [0.3, 0.4) is 0 Å². The number of urea groups is 1. The molecule has 0 aromatic rings. The van der Waals surface area contributed by atoms with Gasteiger partial charge in [0.15, 0.2) is 0 Å². The second-order valence-electron chi connectivity index (χ2n) is 2.46. The Morgan fingerprint density at radius 3 is 2.71 bits per heavy atom. The summed E-state index contributed by atoms with van der Waals surface area (Å²) in [6.45, 7) is 4.18. The summed E-state index contributed by atoms with van der Waals surface area (Å²) in [5, 5.41) is 4.96. The first-order valence-electron chi connectivity index (χ1n) is 4.51. The summed E-state index contributed by atoms with van der Waals surface area (Å²) in [5.74, 6) is -0.307. The predicted molar refractivity (Wildman–Crippen MR) is 52.6 cm³/mol. The van der Waals surface area contributed by atoms with Crippen molar-refractivity contribution in [3.63, 3.8) is 0 Å². The highest BCUT2D eigenvalue weighted by Crippen LogP contribution is 1.83. The molecule has 0 radical (unpaired) electrons. The van der Waals surface area contributed by atoms with Gasteiger partial charge < -0.3 is 15.4 Å². The Balaban J connectivity index is 3.44. The van der Waals surface area contributed by atoms with Gasteiger partial charge in [-0.05, 0) is 13.8 Å². The average molecular weight is 200 g/mol. The van der Waals surface area contributed by atoms with Crippen LogP contribution in [0.25, 0.3) is 0 Å². The second kappa shape index (κ2) is 8.10. The van der Waals surface area contributed by atoms with Gasteiger partial charge in [0.2, 0.25) is 0 Å². The smallest absolute Gasteiger partial charge is 0.318 e. The van der Waals surface area contributed by atoms with Crippen molar-refractivity contribution in [1.82, 2.24) is 10.6 Å². The van der Waals surface area contributed by atoms with Gasteiger partial charge >= 0.3 is 12.0 Å². The molecular weight excluding hydrogens is 184 g/mol. The Kier molecular flexibility index (Phi) is 7.22. The number of rotatable bonds is 5. The van der Waals surface area contributed by atoms with Gasteiger partial charge in [-0.15, -0.1) is 0 Å². The van der Waals surface area contributed by atoms with E-state index in [2.05, 4.69) is 15.4 Å². The van der Waals surface area contributed by atoms with E-state index in [9.17, 15) is 9.59 Å². The van der Waals surface area contributed by atoms with Crippen molar-refractivity contribution in [3.8, 4) is 0 Å². The lowest BCUT2D eigenvalue weighted by atomic mass is 10.4. The molecule has 0 rings (SSSR count). The SMILES string of the molecule is C/C=C/NC(=O)NCCC(=O)OCC. The summed E-state index contributed by atoms with van der Waals surface area (Å²) in [7, 11) is 0. The molecule has 0 saturated carbocycles. The van der Waals surface area contributed by atoms with E-state index in [-0.39, 0.29) is 25.0 Å². The van der Waals surface area contributed by atoms with Crippen LogP contribution in [0.1, 0.15) is 20.3 Å². The third-order valence-electron chi connectivity index (χ3n) is 1.30. The molecule has 14 heavy (non-hydrogen) atoms. The number of esters is 1. The van der Waals surface area contributed by atoms with Gasteiger partial charge in [0.1, 0.15) is 0 Å². The highest BCUT2D eigenvalue weighted by Gasteiger charge is 2.02. The van der Waals surface area contributed by atoms with Crippen LogP contribution in [0.5, 0.6) is 0 Å². The van der Waals surface area contributed by atoms with Gasteiger partial charge in [0.25, 0.3) is 0 Å². The predicted octanol–water partition coefficient (Wildman–Crippen LogP) is 0.772. The third kappa shape index (κ3) is 7.15. The molecule has 2 amide bonds. The number of hydrogen-bond donors (Lipinski definition) is 2.